The molecule has 0 unspecified atom stereocenters. The standard InChI is InChI=1S/C16H17N3O/c17-13-7-5-12(6-8-13)16(20)19-15-14-4-2-1-3-11(14)9-10-18-15/h5-10H,1-4,17H2,(H,18,19,20). The number of nitrogens with zero attached hydrogens (tertiary/aromatic N) is 1. The van der Waals surface area contributed by atoms with Crippen molar-refractivity contribution < 1.29 is 4.79 Å². The van der Waals surface area contributed by atoms with Gasteiger partial charge in [-0.1, -0.05) is 0 Å². The van der Waals surface area contributed by atoms with Crippen LogP contribution in [0.4, 0.5) is 11.5 Å². The van der Waals surface area contributed by atoms with E-state index >= 15 is 0 Å². The Bertz CT molecular complexity index is 635. The minimum Gasteiger partial charge on any atom is -0.399 e. The molecule has 3 N–H and O–H groups in total. The molecular formula is C16H17N3O. The number of rotatable bonds is 2. The summed E-state index contributed by atoms with van der Waals surface area (Å²) in [7, 11) is 0. The minimum atomic E-state index is -0.142. The molecule has 2 aromatic rings. The number of anilines is 2. The van der Waals surface area contributed by atoms with Crippen LogP contribution in [0.2, 0.25) is 0 Å². The van der Waals surface area contributed by atoms with Crippen LogP contribution in [-0.4, -0.2) is 10.9 Å². The Kier molecular flexibility index (Phi) is 3.37. The van der Waals surface area contributed by atoms with Crippen LogP contribution in [0.15, 0.2) is 36.5 Å². The van der Waals surface area contributed by atoms with E-state index in [1.165, 1.54) is 17.5 Å². The first-order valence-electron chi connectivity index (χ1n) is 6.88. The van der Waals surface area contributed by atoms with E-state index in [2.05, 4.69) is 10.3 Å². The minimum absolute atomic E-state index is 0.142. The molecule has 4 nitrogen and oxygen atoms in total. The molecule has 0 bridgehead atoms. The number of aromatic nitrogens is 1. The molecule has 3 rings (SSSR count). The summed E-state index contributed by atoms with van der Waals surface area (Å²) >= 11 is 0. The van der Waals surface area contributed by atoms with Gasteiger partial charge in [0.05, 0.1) is 0 Å². The Hall–Kier alpha value is -2.36. The number of pyridine rings is 1. The number of nitrogen functional groups attached to an aromatic ring is 1. The molecule has 20 heavy (non-hydrogen) atoms. The normalized spacial score (nSPS) is 13.6. The Morgan fingerprint density at radius 3 is 2.65 bits per heavy atom. The Morgan fingerprint density at radius 1 is 1.10 bits per heavy atom. The second kappa shape index (κ2) is 5.33. The van der Waals surface area contributed by atoms with Gasteiger partial charge in [-0.25, -0.2) is 4.98 Å². The monoisotopic (exact) mass is 267 g/mol. The summed E-state index contributed by atoms with van der Waals surface area (Å²) < 4.78 is 0. The molecule has 0 spiro atoms. The summed E-state index contributed by atoms with van der Waals surface area (Å²) in [6.07, 6.45) is 6.19. The van der Waals surface area contributed by atoms with Gasteiger partial charge in [-0.3, -0.25) is 4.79 Å². The van der Waals surface area contributed by atoms with Crippen LogP contribution in [-0.2, 0) is 12.8 Å². The van der Waals surface area contributed by atoms with Gasteiger partial charge in [-0.05, 0) is 67.1 Å². The highest BCUT2D eigenvalue weighted by molar-refractivity contribution is 6.04. The molecule has 4 heteroatoms. The molecule has 1 aromatic heterocycles. The van der Waals surface area contributed by atoms with Crippen molar-refractivity contribution in [1.82, 2.24) is 4.98 Å². The van der Waals surface area contributed by atoms with Gasteiger partial charge in [0, 0.05) is 17.4 Å². The summed E-state index contributed by atoms with van der Waals surface area (Å²) in [6, 6.07) is 8.94. The predicted molar refractivity (Wildman–Crippen MR) is 79.7 cm³/mol. The fraction of sp³-hybridized carbons (Fsp3) is 0.250. The van der Waals surface area contributed by atoms with Crippen molar-refractivity contribution in [2.45, 2.75) is 25.7 Å². The van der Waals surface area contributed by atoms with Crippen LogP contribution in [0.3, 0.4) is 0 Å². The van der Waals surface area contributed by atoms with Gasteiger partial charge >= 0.3 is 0 Å². The number of benzene rings is 1. The van der Waals surface area contributed by atoms with Crippen molar-refractivity contribution in [3.63, 3.8) is 0 Å². The number of nitrogens with two attached hydrogens (primary N) is 1. The maximum absolute atomic E-state index is 12.2. The van der Waals surface area contributed by atoms with Gasteiger partial charge in [0.15, 0.2) is 0 Å². The van der Waals surface area contributed by atoms with E-state index < -0.39 is 0 Å². The van der Waals surface area contributed by atoms with Crippen molar-refractivity contribution in [3.8, 4) is 0 Å². The molecule has 0 fully saturated rings. The third-order valence-corrected chi connectivity index (χ3v) is 3.68. The second-order valence-electron chi connectivity index (χ2n) is 5.08. The molecule has 0 radical (unpaired) electrons. The van der Waals surface area contributed by atoms with Gasteiger partial charge in [0.25, 0.3) is 5.91 Å². The number of amides is 1. The van der Waals surface area contributed by atoms with Crippen LogP contribution in [0.25, 0.3) is 0 Å². The zero-order valence-electron chi connectivity index (χ0n) is 11.2. The zero-order valence-corrected chi connectivity index (χ0v) is 11.2. The van der Waals surface area contributed by atoms with Crippen molar-refractivity contribution in [1.29, 1.82) is 0 Å². The van der Waals surface area contributed by atoms with Crippen LogP contribution in [0.1, 0.15) is 34.3 Å². The number of carbonyl (C=O) groups excluding carboxylic acids is 1. The quantitative estimate of drug-likeness (QED) is 0.822. The van der Waals surface area contributed by atoms with Gasteiger partial charge in [0.2, 0.25) is 0 Å². The summed E-state index contributed by atoms with van der Waals surface area (Å²) in [5.41, 5.74) is 9.36. The molecule has 0 saturated carbocycles. The Labute approximate surface area is 118 Å². The number of hydrogen-bond acceptors (Lipinski definition) is 3. The third-order valence-electron chi connectivity index (χ3n) is 3.68. The van der Waals surface area contributed by atoms with Gasteiger partial charge in [-0.15, -0.1) is 0 Å². The zero-order chi connectivity index (χ0) is 13.9. The lowest BCUT2D eigenvalue weighted by Gasteiger charge is -2.18. The molecule has 1 aliphatic carbocycles. The molecule has 0 aliphatic heterocycles. The van der Waals surface area contributed by atoms with E-state index in [9.17, 15) is 4.79 Å². The van der Waals surface area contributed by atoms with Crippen LogP contribution >= 0.6 is 0 Å². The highest BCUT2D eigenvalue weighted by Crippen LogP contribution is 2.26. The van der Waals surface area contributed by atoms with Crippen molar-refractivity contribution in [3.05, 3.63) is 53.2 Å². The molecular weight excluding hydrogens is 250 g/mol. The lowest BCUT2D eigenvalue weighted by atomic mass is 9.92. The van der Waals surface area contributed by atoms with Crippen LogP contribution in [0.5, 0.6) is 0 Å². The highest BCUT2D eigenvalue weighted by Gasteiger charge is 2.16. The van der Waals surface area contributed by atoms with E-state index in [0.29, 0.717) is 17.1 Å². The highest BCUT2D eigenvalue weighted by atomic mass is 16.1. The maximum Gasteiger partial charge on any atom is 0.256 e. The molecule has 102 valence electrons. The SMILES string of the molecule is Nc1ccc(C(=O)Nc2nccc3c2CCCC3)cc1. The topological polar surface area (TPSA) is 68.0 Å². The fourth-order valence-electron chi connectivity index (χ4n) is 2.58. The smallest absolute Gasteiger partial charge is 0.256 e. The van der Waals surface area contributed by atoms with E-state index in [-0.39, 0.29) is 5.91 Å². The molecule has 0 saturated heterocycles. The third kappa shape index (κ3) is 2.50. The van der Waals surface area contributed by atoms with Crippen LogP contribution in [0, 0.1) is 0 Å². The fourth-order valence-corrected chi connectivity index (χ4v) is 2.58. The Morgan fingerprint density at radius 2 is 1.85 bits per heavy atom. The maximum atomic E-state index is 12.2. The van der Waals surface area contributed by atoms with E-state index in [0.717, 1.165) is 19.3 Å². The van der Waals surface area contributed by atoms with Crippen molar-refractivity contribution in [2.75, 3.05) is 11.1 Å². The first-order chi connectivity index (χ1) is 9.74. The summed E-state index contributed by atoms with van der Waals surface area (Å²) in [5.74, 6) is 0.556. The lowest BCUT2D eigenvalue weighted by molar-refractivity contribution is 0.102. The average molecular weight is 267 g/mol. The lowest BCUT2D eigenvalue weighted by Crippen LogP contribution is -2.16. The molecule has 1 aromatic carbocycles. The van der Waals surface area contributed by atoms with Gasteiger partial charge in [0.1, 0.15) is 5.82 Å². The number of hydrogen-bond donors (Lipinski definition) is 2. The van der Waals surface area contributed by atoms with E-state index in [4.69, 9.17) is 5.73 Å². The van der Waals surface area contributed by atoms with Crippen LogP contribution < -0.4 is 11.1 Å². The molecule has 1 amide bonds. The average Bonchev–Trinajstić information content (AvgIpc) is 2.48. The largest absolute Gasteiger partial charge is 0.399 e. The van der Waals surface area contributed by atoms with E-state index in [1.54, 1.807) is 30.5 Å². The Balaban J connectivity index is 1.84. The summed E-state index contributed by atoms with van der Waals surface area (Å²) in [4.78, 5) is 16.5. The summed E-state index contributed by atoms with van der Waals surface area (Å²) in [5, 5.41) is 2.91. The first kappa shape index (κ1) is 12.7. The predicted octanol–water partition coefficient (Wildman–Crippen LogP) is 2.79. The van der Waals surface area contributed by atoms with Gasteiger partial charge < -0.3 is 11.1 Å². The molecule has 0 atom stereocenters. The van der Waals surface area contributed by atoms with Gasteiger partial charge in [-0.2, -0.15) is 0 Å². The van der Waals surface area contributed by atoms with E-state index in [1.807, 2.05) is 6.07 Å². The first-order valence-corrected chi connectivity index (χ1v) is 6.88. The number of carbonyl (C=O) groups is 1. The van der Waals surface area contributed by atoms with Crippen molar-refractivity contribution in [2.24, 2.45) is 0 Å². The second-order valence-corrected chi connectivity index (χ2v) is 5.08. The number of nitrogens with one attached hydrogen (secondary N) is 1. The number of aryl methyl sites for hydroxylation is 1. The molecule has 1 aliphatic rings. The summed E-state index contributed by atoms with van der Waals surface area (Å²) in [6.45, 7) is 0. The van der Waals surface area contributed by atoms with Crippen molar-refractivity contribution >= 4 is 17.4 Å². The number of fused-ring (bicyclic) bond motifs is 1. The molecule has 1 heterocycles.